The van der Waals surface area contributed by atoms with Crippen molar-refractivity contribution in [3.05, 3.63) is 29.8 Å². The van der Waals surface area contributed by atoms with Crippen molar-refractivity contribution < 1.29 is 9.59 Å². The third kappa shape index (κ3) is 7.72. The van der Waals surface area contributed by atoms with Gasteiger partial charge in [-0.25, -0.2) is 4.99 Å². The molecule has 35 heavy (non-hydrogen) atoms. The normalized spacial score (nSPS) is 24.6. The Labute approximate surface area is 212 Å². The van der Waals surface area contributed by atoms with Crippen LogP contribution >= 0.6 is 11.8 Å². The second-order valence-corrected chi connectivity index (χ2v) is 11.4. The monoisotopic (exact) mass is 498 g/mol. The number of rotatable bonds is 10. The van der Waals surface area contributed by atoms with Crippen molar-refractivity contribution in [2.45, 2.75) is 87.2 Å². The van der Waals surface area contributed by atoms with Crippen LogP contribution in [0, 0.1) is 0 Å². The first-order valence-electron chi connectivity index (χ1n) is 12.9. The summed E-state index contributed by atoms with van der Waals surface area (Å²) in [5.41, 5.74) is 13.9. The molecule has 3 atom stereocenters. The molecule has 0 aliphatic carbocycles. The van der Waals surface area contributed by atoms with Crippen molar-refractivity contribution in [3.63, 3.8) is 0 Å². The maximum atomic E-state index is 12.3. The number of nitrogens with two attached hydrogens (primary N) is 2. The number of hydrogen-bond acceptors (Lipinski definition) is 4. The Morgan fingerprint density at radius 1 is 1.09 bits per heavy atom. The van der Waals surface area contributed by atoms with E-state index in [2.05, 4.69) is 15.3 Å². The van der Waals surface area contributed by atoms with Crippen molar-refractivity contribution in [1.82, 2.24) is 10.2 Å². The van der Waals surface area contributed by atoms with Crippen LogP contribution < -0.4 is 16.8 Å². The fourth-order valence-electron chi connectivity index (χ4n) is 5.15. The Morgan fingerprint density at radius 2 is 1.83 bits per heavy atom. The molecule has 3 fully saturated rings. The highest BCUT2D eigenvalue weighted by molar-refractivity contribution is 8.00. The van der Waals surface area contributed by atoms with Gasteiger partial charge < -0.3 is 21.7 Å². The van der Waals surface area contributed by atoms with E-state index < -0.39 is 0 Å². The highest BCUT2D eigenvalue weighted by atomic mass is 32.2. The van der Waals surface area contributed by atoms with E-state index in [1.54, 1.807) is 0 Å². The SMILES string of the molecule is NC(=Nc1ccc(CCCC(=O)CCCCC2CC3NC(=O)CC3S2)cc1)N=C(N)N1CCCC1. The molecule has 0 bridgehead atoms. The molecular weight excluding hydrogens is 460 g/mol. The predicted octanol–water partition coefficient (Wildman–Crippen LogP) is 3.26. The summed E-state index contributed by atoms with van der Waals surface area (Å²) >= 11 is 1.97. The molecule has 0 radical (unpaired) electrons. The van der Waals surface area contributed by atoms with Crippen LogP contribution in [0.1, 0.15) is 69.8 Å². The first-order valence-corrected chi connectivity index (χ1v) is 13.9. The summed E-state index contributed by atoms with van der Waals surface area (Å²) in [6.45, 7) is 1.84. The largest absolute Gasteiger partial charge is 0.369 e. The summed E-state index contributed by atoms with van der Waals surface area (Å²) in [6, 6.07) is 8.28. The summed E-state index contributed by atoms with van der Waals surface area (Å²) in [4.78, 5) is 34.3. The van der Waals surface area contributed by atoms with Gasteiger partial charge in [-0.15, -0.1) is 0 Å². The maximum Gasteiger partial charge on any atom is 0.223 e. The molecule has 0 spiro atoms. The fourth-order valence-corrected chi connectivity index (χ4v) is 6.88. The van der Waals surface area contributed by atoms with E-state index in [4.69, 9.17) is 11.5 Å². The minimum Gasteiger partial charge on any atom is -0.369 e. The number of unbranched alkanes of at least 4 members (excludes halogenated alkanes) is 1. The Kier molecular flexibility index (Phi) is 9.06. The number of nitrogens with zero attached hydrogens (tertiary/aromatic N) is 3. The molecule has 9 heteroatoms. The van der Waals surface area contributed by atoms with Crippen LogP contribution in [0.15, 0.2) is 34.3 Å². The van der Waals surface area contributed by atoms with Crippen molar-refractivity contribution in [3.8, 4) is 0 Å². The lowest BCUT2D eigenvalue weighted by Gasteiger charge is -2.15. The Hall–Kier alpha value is -2.55. The van der Waals surface area contributed by atoms with Crippen LogP contribution in [-0.4, -0.2) is 58.1 Å². The zero-order chi connectivity index (χ0) is 24.6. The first kappa shape index (κ1) is 25.5. The molecule has 190 valence electrons. The van der Waals surface area contributed by atoms with E-state index >= 15 is 0 Å². The van der Waals surface area contributed by atoms with E-state index in [9.17, 15) is 9.59 Å². The molecule has 1 aromatic rings. The number of carbonyl (C=O) groups is 2. The average Bonchev–Trinajstić information content (AvgIpc) is 3.55. The van der Waals surface area contributed by atoms with Gasteiger partial charge in [0.1, 0.15) is 5.78 Å². The number of aryl methyl sites for hydroxylation is 1. The third-order valence-corrected chi connectivity index (χ3v) is 8.72. The lowest BCUT2D eigenvalue weighted by molar-refractivity contribution is -0.120. The van der Waals surface area contributed by atoms with Crippen molar-refractivity contribution in [2.75, 3.05) is 13.1 Å². The number of ketones is 1. The van der Waals surface area contributed by atoms with Crippen LogP contribution in [0.2, 0.25) is 0 Å². The Balaban J connectivity index is 1.09. The molecular formula is C26H38N6O2S. The number of fused-ring (bicyclic) bond motifs is 1. The Bertz CT molecular complexity index is 926. The number of aliphatic imine (C=N–C) groups is 2. The van der Waals surface area contributed by atoms with Gasteiger partial charge in [0.25, 0.3) is 0 Å². The van der Waals surface area contributed by atoms with Gasteiger partial charge in [0, 0.05) is 48.9 Å². The number of carbonyl (C=O) groups excluding carboxylic acids is 2. The number of amides is 1. The quantitative estimate of drug-likeness (QED) is 0.258. The van der Waals surface area contributed by atoms with E-state index in [1.165, 1.54) is 5.56 Å². The number of hydrogen-bond donors (Lipinski definition) is 3. The standard InChI is InChI=1S/C26H38N6O2S/c27-25(31-26(28)32-14-3-4-15-32)29-19-12-10-18(11-13-19)6-5-8-20(33)7-1-2-9-21-16-22-23(35-21)17-24(34)30-22/h10-13,21-23H,1-9,14-17H2,(H,30,34)(H4,27,28,29,31). The number of nitrogens with one attached hydrogen (secondary N) is 1. The van der Waals surface area contributed by atoms with Crippen LogP contribution in [0.3, 0.4) is 0 Å². The smallest absolute Gasteiger partial charge is 0.223 e. The van der Waals surface area contributed by atoms with Gasteiger partial charge in [0.2, 0.25) is 11.9 Å². The second kappa shape index (κ2) is 12.4. The number of guanidine groups is 2. The van der Waals surface area contributed by atoms with Gasteiger partial charge in [-0.1, -0.05) is 18.6 Å². The van der Waals surface area contributed by atoms with Gasteiger partial charge in [-0.05, 0) is 62.6 Å². The summed E-state index contributed by atoms with van der Waals surface area (Å²) in [5.74, 6) is 1.15. The minimum atomic E-state index is 0.161. The van der Waals surface area contributed by atoms with Crippen LogP contribution in [0.4, 0.5) is 5.69 Å². The molecule has 3 aliphatic rings. The van der Waals surface area contributed by atoms with Crippen LogP contribution in [-0.2, 0) is 16.0 Å². The molecule has 1 amide bonds. The van der Waals surface area contributed by atoms with Crippen LogP contribution in [0.5, 0.6) is 0 Å². The van der Waals surface area contributed by atoms with E-state index in [-0.39, 0.29) is 11.9 Å². The van der Waals surface area contributed by atoms with Gasteiger partial charge in [0.05, 0.1) is 5.69 Å². The molecule has 1 aromatic carbocycles. The topological polar surface area (TPSA) is 126 Å². The number of likely N-dealkylation sites (tertiary alicyclic amines) is 1. The molecule has 0 saturated carbocycles. The fraction of sp³-hybridized carbons (Fsp3) is 0.615. The minimum absolute atomic E-state index is 0.161. The number of Topliss-reactive ketones (excluding diaryl/α,β-unsaturated/α-hetero) is 1. The summed E-state index contributed by atoms with van der Waals surface area (Å²) in [7, 11) is 0. The van der Waals surface area contributed by atoms with Crippen molar-refractivity contribution in [1.29, 1.82) is 0 Å². The van der Waals surface area contributed by atoms with Crippen molar-refractivity contribution >= 4 is 41.1 Å². The van der Waals surface area contributed by atoms with Gasteiger partial charge >= 0.3 is 0 Å². The molecule has 3 saturated heterocycles. The zero-order valence-electron chi connectivity index (χ0n) is 20.5. The van der Waals surface area contributed by atoms with Gasteiger partial charge in [-0.2, -0.15) is 16.8 Å². The summed E-state index contributed by atoms with van der Waals surface area (Å²) < 4.78 is 0. The van der Waals surface area contributed by atoms with Crippen molar-refractivity contribution in [2.24, 2.45) is 21.5 Å². The van der Waals surface area contributed by atoms with E-state index in [0.717, 1.165) is 70.1 Å². The van der Waals surface area contributed by atoms with E-state index in [1.807, 2.05) is 40.9 Å². The summed E-state index contributed by atoms with van der Waals surface area (Å²) in [6.07, 6.45) is 10.3. The maximum absolute atomic E-state index is 12.3. The average molecular weight is 499 g/mol. The predicted molar refractivity (Wildman–Crippen MR) is 143 cm³/mol. The highest BCUT2D eigenvalue weighted by Crippen LogP contribution is 2.41. The third-order valence-electron chi connectivity index (χ3n) is 7.06. The summed E-state index contributed by atoms with van der Waals surface area (Å²) in [5, 5.41) is 4.19. The molecule has 3 unspecified atom stereocenters. The zero-order valence-corrected chi connectivity index (χ0v) is 21.3. The molecule has 3 aliphatic heterocycles. The molecule has 3 heterocycles. The highest BCUT2D eigenvalue weighted by Gasteiger charge is 2.41. The first-order chi connectivity index (χ1) is 17.0. The molecule has 5 N–H and O–H groups in total. The lowest BCUT2D eigenvalue weighted by Crippen LogP contribution is -2.36. The molecule has 4 rings (SSSR count). The number of benzene rings is 1. The van der Waals surface area contributed by atoms with Gasteiger partial charge in [0.15, 0.2) is 5.96 Å². The lowest BCUT2D eigenvalue weighted by atomic mass is 10.0. The van der Waals surface area contributed by atoms with Gasteiger partial charge in [-0.3, -0.25) is 9.59 Å². The Morgan fingerprint density at radius 3 is 2.57 bits per heavy atom. The van der Waals surface area contributed by atoms with E-state index in [0.29, 0.717) is 47.5 Å². The second-order valence-electron chi connectivity index (χ2n) is 9.85. The van der Waals surface area contributed by atoms with Crippen LogP contribution in [0.25, 0.3) is 0 Å². The molecule has 0 aromatic heterocycles. The number of thioether (sulfide) groups is 1. The molecule has 8 nitrogen and oxygen atoms in total.